The van der Waals surface area contributed by atoms with E-state index in [-0.39, 0.29) is 0 Å². The molecule has 0 bridgehead atoms. The van der Waals surface area contributed by atoms with Crippen molar-refractivity contribution in [3.8, 4) is 0 Å². The summed E-state index contributed by atoms with van der Waals surface area (Å²) < 4.78 is 16.6. The summed E-state index contributed by atoms with van der Waals surface area (Å²) >= 11 is 0. The molecule has 0 aromatic rings. The van der Waals surface area contributed by atoms with Gasteiger partial charge in [0.2, 0.25) is 7.37 Å². The summed E-state index contributed by atoms with van der Waals surface area (Å²) in [6.45, 7) is 4.19. The predicted octanol–water partition coefficient (Wildman–Crippen LogP) is 2.30. The molecule has 0 saturated carbocycles. The molecule has 4 heteroatoms. The summed E-state index contributed by atoms with van der Waals surface area (Å²) in [7, 11) is -2.47. The van der Waals surface area contributed by atoms with Crippen molar-refractivity contribution < 1.29 is 13.9 Å². The highest BCUT2D eigenvalue weighted by Crippen LogP contribution is 2.42. The van der Waals surface area contributed by atoms with Crippen LogP contribution in [0, 0.1) is 0 Å². The topological polar surface area (TPSA) is 43.4 Å². The van der Waals surface area contributed by atoms with Crippen molar-refractivity contribution in [2.45, 2.75) is 26.2 Å². The number of carbonyl (C=O) groups is 1. The van der Waals surface area contributed by atoms with Crippen LogP contribution in [0.1, 0.15) is 26.2 Å². The fraction of sp³-hybridized carbons (Fsp3) is 0.875. The lowest BCUT2D eigenvalue weighted by molar-refractivity contribution is -0.107. The lowest BCUT2D eigenvalue weighted by Gasteiger charge is -2.11. The Labute approximate surface area is 73.9 Å². The first-order valence-electron chi connectivity index (χ1n) is 4.27. The third-order valence-corrected chi connectivity index (χ3v) is 3.31. The lowest BCUT2D eigenvalue weighted by atomic mass is 10.4. The van der Waals surface area contributed by atoms with Crippen LogP contribution in [-0.4, -0.2) is 25.7 Å². The van der Waals surface area contributed by atoms with Crippen LogP contribution in [0.2, 0.25) is 0 Å². The summed E-state index contributed by atoms with van der Waals surface area (Å²) in [6, 6.07) is 0. The van der Waals surface area contributed by atoms with Gasteiger partial charge in [-0.1, -0.05) is 13.3 Å². The minimum Gasteiger partial charge on any atom is -0.329 e. The van der Waals surface area contributed by atoms with E-state index < -0.39 is 7.37 Å². The van der Waals surface area contributed by atoms with Crippen molar-refractivity contribution in [2.24, 2.45) is 0 Å². The third-order valence-electron chi connectivity index (χ3n) is 1.52. The molecule has 0 radical (unpaired) electrons. The zero-order valence-corrected chi connectivity index (χ0v) is 8.68. The van der Waals surface area contributed by atoms with Gasteiger partial charge in [0.1, 0.15) is 6.29 Å². The molecule has 0 rings (SSSR count). The minimum atomic E-state index is -2.47. The highest BCUT2D eigenvalue weighted by molar-refractivity contribution is 7.58. The molecule has 3 nitrogen and oxygen atoms in total. The fourth-order valence-electron chi connectivity index (χ4n) is 0.754. The van der Waals surface area contributed by atoms with Crippen molar-refractivity contribution in [3.05, 3.63) is 0 Å². The number of carbonyl (C=O) groups excluding carboxylic acids is 1. The maximum absolute atomic E-state index is 11.5. The van der Waals surface area contributed by atoms with Crippen molar-refractivity contribution >= 4 is 13.7 Å². The molecule has 12 heavy (non-hydrogen) atoms. The molecule has 0 fully saturated rings. The van der Waals surface area contributed by atoms with Gasteiger partial charge in [-0.3, -0.25) is 4.57 Å². The predicted molar refractivity (Wildman–Crippen MR) is 49.9 cm³/mol. The zero-order valence-electron chi connectivity index (χ0n) is 7.78. The average Bonchev–Trinajstić information content (AvgIpc) is 2.01. The quantitative estimate of drug-likeness (QED) is 0.353. The molecule has 0 aromatic carbocycles. The molecule has 0 spiro atoms. The standard InChI is InChI=1S/C8H17O3P/c1-3-4-7-11-12(2,10)8-5-6-9/h6H,3-5,7-8H2,1-2H3. The van der Waals surface area contributed by atoms with E-state index in [4.69, 9.17) is 4.52 Å². The summed E-state index contributed by atoms with van der Waals surface area (Å²) in [5.41, 5.74) is 0. The van der Waals surface area contributed by atoms with E-state index in [1.54, 1.807) is 6.66 Å². The van der Waals surface area contributed by atoms with Crippen LogP contribution in [0.3, 0.4) is 0 Å². The number of aldehydes is 1. The Kier molecular flexibility index (Phi) is 6.31. The summed E-state index contributed by atoms with van der Waals surface area (Å²) in [4.78, 5) is 10.0. The van der Waals surface area contributed by atoms with E-state index >= 15 is 0 Å². The van der Waals surface area contributed by atoms with Gasteiger partial charge in [0.05, 0.1) is 6.61 Å². The summed E-state index contributed by atoms with van der Waals surface area (Å²) in [5, 5.41) is 0. The lowest BCUT2D eigenvalue weighted by Crippen LogP contribution is -1.96. The average molecular weight is 192 g/mol. The Morgan fingerprint density at radius 2 is 2.17 bits per heavy atom. The van der Waals surface area contributed by atoms with Gasteiger partial charge in [0.25, 0.3) is 0 Å². The molecule has 72 valence electrons. The van der Waals surface area contributed by atoms with Crippen LogP contribution < -0.4 is 0 Å². The molecule has 0 heterocycles. The molecule has 0 amide bonds. The van der Waals surface area contributed by atoms with E-state index in [9.17, 15) is 9.36 Å². The second kappa shape index (κ2) is 6.38. The first-order valence-corrected chi connectivity index (χ1v) is 6.53. The van der Waals surface area contributed by atoms with Crippen molar-refractivity contribution in [3.63, 3.8) is 0 Å². The zero-order chi connectivity index (χ0) is 9.45. The molecular weight excluding hydrogens is 175 g/mol. The highest BCUT2D eigenvalue weighted by atomic mass is 31.2. The molecule has 0 N–H and O–H groups in total. The monoisotopic (exact) mass is 192 g/mol. The van der Waals surface area contributed by atoms with Crippen molar-refractivity contribution in [1.82, 2.24) is 0 Å². The Morgan fingerprint density at radius 1 is 1.50 bits per heavy atom. The Bertz CT molecular complexity index is 168. The minimum absolute atomic E-state index is 0.333. The van der Waals surface area contributed by atoms with E-state index in [1.807, 2.05) is 0 Å². The van der Waals surface area contributed by atoms with E-state index in [2.05, 4.69) is 6.92 Å². The first-order chi connectivity index (χ1) is 5.62. The maximum Gasteiger partial charge on any atom is 0.200 e. The molecule has 0 aromatic heterocycles. The molecule has 1 unspecified atom stereocenters. The van der Waals surface area contributed by atoms with Crippen LogP contribution in [0.15, 0.2) is 0 Å². The second-order valence-corrected chi connectivity index (χ2v) is 5.61. The smallest absolute Gasteiger partial charge is 0.200 e. The molecule has 0 saturated heterocycles. The normalized spacial score (nSPS) is 15.5. The maximum atomic E-state index is 11.5. The molecule has 0 aliphatic rings. The van der Waals surface area contributed by atoms with Gasteiger partial charge < -0.3 is 9.32 Å². The number of rotatable bonds is 7. The molecule has 1 atom stereocenters. The van der Waals surface area contributed by atoms with Crippen LogP contribution in [0.5, 0.6) is 0 Å². The Morgan fingerprint density at radius 3 is 2.67 bits per heavy atom. The van der Waals surface area contributed by atoms with Crippen molar-refractivity contribution in [2.75, 3.05) is 19.4 Å². The number of unbranched alkanes of at least 4 members (excludes halogenated alkanes) is 1. The molecule has 0 aliphatic heterocycles. The van der Waals surface area contributed by atoms with Gasteiger partial charge in [-0.2, -0.15) is 0 Å². The van der Waals surface area contributed by atoms with Gasteiger partial charge in [-0.15, -0.1) is 0 Å². The van der Waals surface area contributed by atoms with Gasteiger partial charge in [-0.25, -0.2) is 0 Å². The van der Waals surface area contributed by atoms with Crippen molar-refractivity contribution in [1.29, 1.82) is 0 Å². The first kappa shape index (κ1) is 11.9. The van der Waals surface area contributed by atoms with E-state index in [0.717, 1.165) is 19.1 Å². The fourth-order valence-corrected chi connectivity index (χ4v) is 1.97. The van der Waals surface area contributed by atoms with Gasteiger partial charge in [0, 0.05) is 19.2 Å². The van der Waals surface area contributed by atoms with Gasteiger partial charge in [-0.05, 0) is 6.42 Å². The molecule has 0 aliphatic carbocycles. The van der Waals surface area contributed by atoms with Gasteiger partial charge >= 0.3 is 0 Å². The summed E-state index contributed by atoms with van der Waals surface area (Å²) in [6.07, 6.45) is 3.45. The second-order valence-electron chi connectivity index (χ2n) is 2.88. The SMILES string of the molecule is CCCCOP(C)(=O)CCC=O. The van der Waals surface area contributed by atoms with Crippen LogP contribution >= 0.6 is 7.37 Å². The summed E-state index contributed by atoms with van der Waals surface area (Å²) in [5.74, 6) is 0. The van der Waals surface area contributed by atoms with Crippen LogP contribution in [0.25, 0.3) is 0 Å². The van der Waals surface area contributed by atoms with E-state index in [1.165, 1.54) is 0 Å². The van der Waals surface area contributed by atoms with Crippen LogP contribution in [-0.2, 0) is 13.9 Å². The number of hydrogen-bond acceptors (Lipinski definition) is 3. The van der Waals surface area contributed by atoms with Crippen LogP contribution in [0.4, 0.5) is 0 Å². The van der Waals surface area contributed by atoms with Gasteiger partial charge in [0.15, 0.2) is 0 Å². The molecular formula is C8H17O3P. The van der Waals surface area contributed by atoms with E-state index in [0.29, 0.717) is 19.2 Å². The number of hydrogen-bond donors (Lipinski definition) is 0. The highest BCUT2D eigenvalue weighted by Gasteiger charge is 2.14. The Hall–Kier alpha value is -0.140. The third kappa shape index (κ3) is 6.56. The largest absolute Gasteiger partial charge is 0.329 e. The Balaban J connectivity index is 3.56.